The van der Waals surface area contributed by atoms with Gasteiger partial charge in [-0.05, 0) is 29.0 Å². The van der Waals surface area contributed by atoms with Crippen LogP contribution >= 0.6 is 11.3 Å². The first-order chi connectivity index (χ1) is 18.3. The molecule has 188 valence electrons. The van der Waals surface area contributed by atoms with E-state index in [9.17, 15) is 19.6 Å². The summed E-state index contributed by atoms with van der Waals surface area (Å²) in [6.45, 7) is 0. The highest BCUT2D eigenvalue weighted by Crippen LogP contribution is 2.37. The summed E-state index contributed by atoms with van der Waals surface area (Å²) in [6, 6.07) is 20.6. The first kappa shape index (κ1) is 24.7. The molecule has 1 amide bonds. The quantitative estimate of drug-likeness (QED) is 0.393. The van der Waals surface area contributed by atoms with E-state index in [1.54, 1.807) is 18.2 Å². The van der Waals surface area contributed by atoms with Crippen LogP contribution in [0.4, 0.5) is 10.1 Å². The molecule has 4 aromatic rings. The largest absolute Gasteiger partial charge is 0.466 e. The predicted octanol–water partition coefficient (Wildman–Crippen LogP) is 2.39. The Kier molecular flexibility index (Phi) is 6.36. The lowest BCUT2D eigenvalue weighted by atomic mass is 9.83. The number of methoxy groups -OCH3 is 1. The molecule has 0 spiro atoms. The lowest BCUT2D eigenvalue weighted by Gasteiger charge is -2.25. The Balaban J connectivity index is 1.79. The molecule has 3 aromatic carbocycles. The molecule has 1 aliphatic heterocycles. The SMILES string of the molecule is COC(=O)/C=c1\sc2n(c1=O)C(N)=C(C#N)[C@H](c1ccccc1F)C=2C(=O)Nc1ccc2ccccc2c1. The Morgan fingerprint density at radius 2 is 1.84 bits per heavy atom. The molecule has 1 atom stereocenters. The van der Waals surface area contributed by atoms with Crippen LogP contribution in [0.1, 0.15) is 11.5 Å². The maximum atomic E-state index is 15.1. The van der Waals surface area contributed by atoms with Crippen LogP contribution in [0.15, 0.2) is 77.1 Å². The van der Waals surface area contributed by atoms with E-state index < -0.39 is 29.2 Å². The van der Waals surface area contributed by atoms with Crippen molar-refractivity contribution in [1.82, 2.24) is 4.57 Å². The van der Waals surface area contributed by atoms with Crippen molar-refractivity contribution in [2.75, 3.05) is 12.4 Å². The van der Waals surface area contributed by atoms with Crippen LogP contribution in [-0.2, 0) is 14.3 Å². The number of fused-ring (bicyclic) bond motifs is 2. The third-order valence-electron chi connectivity index (χ3n) is 6.19. The Labute approximate surface area is 219 Å². The molecule has 0 saturated carbocycles. The van der Waals surface area contributed by atoms with Gasteiger partial charge in [-0.3, -0.25) is 14.2 Å². The minimum atomic E-state index is -1.20. The van der Waals surface area contributed by atoms with Crippen LogP contribution < -0.4 is 25.8 Å². The zero-order valence-electron chi connectivity index (χ0n) is 19.9. The van der Waals surface area contributed by atoms with Gasteiger partial charge in [0.25, 0.3) is 11.5 Å². The summed E-state index contributed by atoms with van der Waals surface area (Å²) < 4.78 is 20.7. The van der Waals surface area contributed by atoms with Crippen LogP contribution in [0.25, 0.3) is 28.2 Å². The Bertz CT molecular complexity index is 1900. The van der Waals surface area contributed by atoms with Gasteiger partial charge in [0, 0.05) is 17.3 Å². The van der Waals surface area contributed by atoms with Gasteiger partial charge in [-0.25, -0.2) is 9.18 Å². The maximum absolute atomic E-state index is 15.1. The normalized spacial score (nSPS) is 15.2. The van der Waals surface area contributed by atoms with Crippen molar-refractivity contribution in [3.63, 3.8) is 0 Å². The third-order valence-corrected chi connectivity index (χ3v) is 7.30. The first-order valence-corrected chi connectivity index (χ1v) is 12.2. The second-order valence-electron chi connectivity index (χ2n) is 8.37. The fraction of sp³-hybridized carbons (Fsp3) is 0.0714. The van der Waals surface area contributed by atoms with E-state index in [0.29, 0.717) is 5.69 Å². The highest BCUT2D eigenvalue weighted by atomic mass is 32.1. The van der Waals surface area contributed by atoms with Gasteiger partial charge in [-0.2, -0.15) is 5.26 Å². The lowest BCUT2D eigenvalue weighted by molar-refractivity contribution is -0.133. The van der Waals surface area contributed by atoms with Gasteiger partial charge < -0.3 is 15.8 Å². The number of nitrogens with two attached hydrogens (primary N) is 1. The monoisotopic (exact) mass is 526 g/mol. The van der Waals surface area contributed by atoms with E-state index >= 15 is 4.39 Å². The van der Waals surface area contributed by atoms with Crippen LogP contribution in [0.3, 0.4) is 0 Å². The number of benzene rings is 3. The minimum absolute atomic E-state index is 0.0428. The summed E-state index contributed by atoms with van der Waals surface area (Å²) in [5.74, 6) is -3.54. The summed E-state index contributed by atoms with van der Waals surface area (Å²) in [5.41, 5.74) is 5.83. The number of carbonyl (C=O) groups excluding carboxylic acids is 2. The van der Waals surface area contributed by atoms with E-state index in [4.69, 9.17) is 5.73 Å². The van der Waals surface area contributed by atoms with Crippen LogP contribution in [0, 0.1) is 17.1 Å². The Hall–Kier alpha value is -5.01. The number of nitrogens with zero attached hydrogens (tertiary/aromatic N) is 2. The van der Waals surface area contributed by atoms with E-state index in [-0.39, 0.29) is 31.7 Å². The number of ether oxygens (including phenoxy) is 1. The molecular formula is C28H19FN4O4S. The molecule has 2 heterocycles. The van der Waals surface area contributed by atoms with Crippen LogP contribution in [-0.4, -0.2) is 23.6 Å². The van der Waals surface area contributed by atoms with Gasteiger partial charge in [0.15, 0.2) is 0 Å². The number of nitrogens with one attached hydrogen (secondary N) is 1. The maximum Gasteiger partial charge on any atom is 0.332 e. The van der Waals surface area contributed by atoms with Gasteiger partial charge in [0.05, 0.1) is 30.2 Å². The van der Waals surface area contributed by atoms with Gasteiger partial charge in [-0.1, -0.05) is 48.5 Å². The summed E-state index contributed by atoms with van der Waals surface area (Å²) in [5, 5.41) is 14.7. The molecule has 0 bridgehead atoms. The molecule has 0 aliphatic carbocycles. The van der Waals surface area contributed by atoms with Gasteiger partial charge in [0.1, 0.15) is 20.8 Å². The first-order valence-electron chi connectivity index (χ1n) is 11.3. The van der Waals surface area contributed by atoms with E-state index in [0.717, 1.165) is 39.9 Å². The number of halogens is 1. The molecule has 0 unspecified atom stereocenters. The van der Waals surface area contributed by atoms with E-state index in [2.05, 4.69) is 10.1 Å². The number of anilines is 1. The molecule has 1 aliphatic rings. The van der Waals surface area contributed by atoms with Crippen LogP contribution in [0.5, 0.6) is 0 Å². The highest BCUT2D eigenvalue weighted by Gasteiger charge is 2.37. The van der Waals surface area contributed by atoms with E-state index in [1.165, 1.54) is 18.2 Å². The van der Waals surface area contributed by atoms with Crippen molar-refractivity contribution in [2.45, 2.75) is 5.92 Å². The number of thiazole rings is 1. The zero-order chi connectivity index (χ0) is 27.0. The van der Waals surface area contributed by atoms with Gasteiger partial charge in [0.2, 0.25) is 0 Å². The van der Waals surface area contributed by atoms with Gasteiger partial charge in [-0.15, -0.1) is 11.3 Å². The minimum Gasteiger partial charge on any atom is -0.466 e. The lowest BCUT2D eigenvalue weighted by Crippen LogP contribution is -2.41. The third kappa shape index (κ3) is 4.15. The van der Waals surface area contributed by atoms with Gasteiger partial charge >= 0.3 is 5.97 Å². The number of amides is 1. The van der Waals surface area contributed by atoms with Crippen molar-refractivity contribution >= 4 is 57.1 Å². The van der Waals surface area contributed by atoms with Crippen LogP contribution in [0.2, 0.25) is 0 Å². The molecule has 0 radical (unpaired) electrons. The van der Waals surface area contributed by atoms with Crippen molar-refractivity contribution in [3.8, 4) is 6.07 Å². The van der Waals surface area contributed by atoms with Crippen molar-refractivity contribution in [1.29, 1.82) is 5.26 Å². The molecule has 0 fully saturated rings. The summed E-state index contributed by atoms with van der Waals surface area (Å²) in [7, 11) is 1.16. The zero-order valence-corrected chi connectivity index (χ0v) is 20.7. The second kappa shape index (κ2) is 9.80. The topological polar surface area (TPSA) is 127 Å². The van der Waals surface area contributed by atoms with Crippen molar-refractivity contribution < 1.29 is 18.7 Å². The van der Waals surface area contributed by atoms with Crippen molar-refractivity contribution in [3.05, 3.63) is 103 Å². The molecule has 8 nitrogen and oxygen atoms in total. The van der Waals surface area contributed by atoms with E-state index in [1.807, 2.05) is 36.4 Å². The summed E-state index contributed by atoms with van der Waals surface area (Å²) in [6.07, 6.45) is 0.981. The molecule has 3 N–H and O–H groups in total. The molecule has 0 saturated heterocycles. The number of allylic oxidation sites excluding steroid dienone is 1. The summed E-state index contributed by atoms with van der Waals surface area (Å²) >= 11 is 0.826. The summed E-state index contributed by atoms with van der Waals surface area (Å²) in [4.78, 5) is 39.0. The standard InChI is InChI=1S/C28H19FN4O4S/c1-37-22(34)13-21-27(36)33-25(31)19(14-30)23(18-8-4-5-9-20(18)29)24(28(33)38-21)26(35)32-17-11-10-15-6-2-3-7-16(15)12-17/h2-13,23H,31H2,1H3,(H,32,35)/b21-13-/t23-/m0/s1. The molecule has 38 heavy (non-hydrogen) atoms. The number of hydrogen-bond acceptors (Lipinski definition) is 7. The predicted molar refractivity (Wildman–Crippen MR) is 142 cm³/mol. The number of rotatable bonds is 4. The molecule has 5 rings (SSSR count). The number of aromatic nitrogens is 1. The number of carbonyl (C=O) groups is 2. The molecule has 10 heteroatoms. The number of nitriles is 1. The van der Waals surface area contributed by atoms with Crippen molar-refractivity contribution in [2.24, 2.45) is 5.73 Å². The average molecular weight is 527 g/mol. The fourth-order valence-electron chi connectivity index (χ4n) is 4.42. The number of esters is 1. The number of hydrogen-bond donors (Lipinski definition) is 2. The highest BCUT2D eigenvalue weighted by molar-refractivity contribution is 7.07. The molecule has 1 aromatic heterocycles. The average Bonchev–Trinajstić information content (AvgIpc) is 3.24. The smallest absolute Gasteiger partial charge is 0.332 e. The Morgan fingerprint density at radius 1 is 1.13 bits per heavy atom. The second-order valence-corrected chi connectivity index (χ2v) is 9.41. The fourth-order valence-corrected chi connectivity index (χ4v) is 5.55. The molecular weight excluding hydrogens is 507 g/mol. The Morgan fingerprint density at radius 3 is 2.55 bits per heavy atom.